The molecular formula is C31H37N5O4. The van der Waals surface area contributed by atoms with Crippen molar-refractivity contribution in [3.05, 3.63) is 75.5 Å². The number of ether oxygens (including phenoxy) is 1. The molecule has 3 N–H and O–H groups in total. The second-order valence-corrected chi connectivity index (χ2v) is 11.8. The van der Waals surface area contributed by atoms with Crippen LogP contribution in [0.2, 0.25) is 0 Å². The topological polar surface area (TPSA) is 118 Å². The lowest BCUT2D eigenvalue weighted by Crippen LogP contribution is -2.50. The molecule has 2 fully saturated rings. The van der Waals surface area contributed by atoms with Crippen molar-refractivity contribution in [3.63, 3.8) is 0 Å². The summed E-state index contributed by atoms with van der Waals surface area (Å²) in [7, 11) is 1.58. The Balaban J connectivity index is 1.23. The Morgan fingerprint density at radius 3 is 2.48 bits per heavy atom. The lowest BCUT2D eigenvalue weighted by Gasteiger charge is -2.28. The van der Waals surface area contributed by atoms with E-state index in [-0.39, 0.29) is 35.3 Å². The number of benzene rings is 1. The van der Waals surface area contributed by atoms with Crippen molar-refractivity contribution in [3.8, 4) is 5.75 Å². The van der Waals surface area contributed by atoms with Crippen LogP contribution in [0.15, 0.2) is 47.5 Å². The molecule has 6 rings (SSSR count). The SMILES string of the molecule is COc1c[nH]c(=O)c(C2CCc3cc(NC(=O)[C@@H](NC(=O)c4ccnn4C(C)C)C(C4CC4)C4CC4)ccc32)c1. The van der Waals surface area contributed by atoms with Gasteiger partial charge in [-0.2, -0.15) is 5.10 Å². The molecule has 3 aromatic rings. The first-order valence-corrected chi connectivity index (χ1v) is 14.4. The summed E-state index contributed by atoms with van der Waals surface area (Å²) in [6.45, 7) is 3.96. The number of hydrogen-bond acceptors (Lipinski definition) is 5. The Labute approximate surface area is 233 Å². The average Bonchev–Trinajstić information content (AvgIpc) is 3.87. The fourth-order valence-corrected chi connectivity index (χ4v) is 6.44. The van der Waals surface area contributed by atoms with Gasteiger partial charge in [0.25, 0.3) is 11.5 Å². The highest BCUT2D eigenvalue weighted by molar-refractivity contribution is 6.01. The first-order valence-electron chi connectivity index (χ1n) is 14.4. The maximum Gasteiger partial charge on any atom is 0.270 e. The number of rotatable bonds is 10. The quantitative estimate of drug-likeness (QED) is 0.350. The Bertz CT molecular complexity index is 1470. The fourth-order valence-electron chi connectivity index (χ4n) is 6.44. The molecular weight excluding hydrogens is 506 g/mol. The fraction of sp³-hybridized carbons (Fsp3) is 0.484. The van der Waals surface area contributed by atoms with Gasteiger partial charge in [-0.25, -0.2) is 0 Å². The van der Waals surface area contributed by atoms with E-state index < -0.39 is 6.04 Å². The molecule has 0 bridgehead atoms. The number of carbonyl (C=O) groups is 2. The van der Waals surface area contributed by atoms with Gasteiger partial charge in [-0.3, -0.25) is 19.1 Å². The molecule has 0 aliphatic heterocycles. The van der Waals surface area contributed by atoms with Gasteiger partial charge in [0.05, 0.1) is 7.11 Å². The highest BCUT2D eigenvalue weighted by atomic mass is 16.5. The predicted octanol–water partition coefficient (Wildman–Crippen LogP) is 4.41. The molecule has 2 heterocycles. The van der Waals surface area contributed by atoms with Gasteiger partial charge < -0.3 is 20.4 Å². The number of methoxy groups -OCH3 is 1. The number of anilines is 1. The summed E-state index contributed by atoms with van der Waals surface area (Å²) in [5.41, 5.74) is 3.97. The number of hydrogen-bond donors (Lipinski definition) is 3. The van der Waals surface area contributed by atoms with Crippen LogP contribution in [0.25, 0.3) is 0 Å². The van der Waals surface area contributed by atoms with E-state index in [1.54, 1.807) is 30.3 Å². The van der Waals surface area contributed by atoms with Gasteiger partial charge in [-0.05, 0) is 106 Å². The number of pyridine rings is 1. The summed E-state index contributed by atoms with van der Waals surface area (Å²) in [6, 6.07) is 8.86. The zero-order valence-corrected chi connectivity index (χ0v) is 23.3. The summed E-state index contributed by atoms with van der Waals surface area (Å²) < 4.78 is 7.01. The van der Waals surface area contributed by atoms with Crippen molar-refractivity contribution in [2.45, 2.75) is 70.4 Å². The Kier molecular flexibility index (Phi) is 6.98. The molecule has 2 amide bonds. The number of aromatic amines is 1. The van der Waals surface area contributed by atoms with Crippen LogP contribution in [-0.4, -0.2) is 39.7 Å². The van der Waals surface area contributed by atoms with Crippen LogP contribution in [0.4, 0.5) is 5.69 Å². The lowest BCUT2D eigenvalue weighted by atomic mass is 9.88. The van der Waals surface area contributed by atoms with E-state index in [1.807, 2.05) is 38.1 Å². The average molecular weight is 544 g/mol. The molecule has 0 saturated heterocycles. The summed E-state index contributed by atoms with van der Waals surface area (Å²) in [6.07, 6.45) is 9.25. The Morgan fingerprint density at radius 2 is 1.80 bits per heavy atom. The van der Waals surface area contributed by atoms with Crippen LogP contribution in [0.1, 0.15) is 85.1 Å². The maximum atomic E-state index is 13.8. The first kappa shape index (κ1) is 26.3. The zero-order valence-electron chi connectivity index (χ0n) is 23.3. The second kappa shape index (κ2) is 10.6. The maximum absolute atomic E-state index is 13.8. The number of nitrogens with zero attached hydrogens (tertiary/aromatic N) is 2. The van der Waals surface area contributed by atoms with E-state index in [0.29, 0.717) is 34.5 Å². The summed E-state index contributed by atoms with van der Waals surface area (Å²) in [5, 5.41) is 10.5. The zero-order chi connectivity index (χ0) is 28.0. The van der Waals surface area contributed by atoms with Crippen molar-refractivity contribution < 1.29 is 14.3 Å². The van der Waals surface area contributed by atoms with Crippen molar-refractivity contribution in [2.75, 3.05) is 12.4 Å². The van der Waals surface area contributed by atoms with Crippen LogP contribution >= 0.6 is 0 Å². The van der Waals surface area contributed by atoms with Crippen LogP contribution in [-0.2, 0) is 11.2 Å². The summed E-state index contributed by atoms with van der Waals surface area (Å²) in [4.78, 5) is 42.6. The molecule has 9 nitrogen and oxygen atoms in total. The lowest BCUT2D eigenvalue weighted by molar-refractivity contribution is -0.119. The van der Waals surface area contributed by atoms with Gasteiger partial charge in [0, 0.05) is 35.6 Å². The van der Waals surface area contributed by atoms with Gasteiger partial charge in [0.1, 0.15) is 17.5 Å². The van der Waals surface area contributed by atoms with Crippen molar-refractivity contribution in [1.29, 1.82) is 0 Å². The molecule has 0 radical (unpaired) electrons. The predicted molar refractivity (Wildman–Crippen MR) is 152 cm³/mol. The van der Waals surface area contributed by atoms with Crippen molar-refractivity contribution in [2.24, 2.45) is 17.8 Å². The molecule has 0 spiro atoms. The standard InChI is InChI=1S/C31H37N5O4/c1-17(2)36-26(12-13-33-36)30(38)35-28(27(18-4-5-18)19-6-7-19)31(39)34-21-9-11-23-20(14-21)8-10-24(23)25-15-22(40-3)16-32-29(25)37/h9,11-19,24,27-28H,4-8,10H2,1-3H3,(H,32,37)(H,34,39)(H,35,38)/t24?,28-/m0/s1. The minimum atomic E-state index is -0.612. The van der Waals surface area contributed by atoms with Gasteiger partial charge >= 0.3 is 0 Å². The minimum absolute atomic E-state index is 0.0226. The second-order valence-electron chi connectivity index (χ2n) is 11.8. The van der Waals surface area contributed by atoms with E-state index in [0.717, 1.165) is 49.7 Å². The number of nitrogens with one attached hydrogen (secondary N) is 3. The number of fused-ring (bicyclic) bond motifs is 1. The van der Waals surface area contributed by atoms with Crippen LogP contribution in [0, 0.1) is 17.8 Å². The van der Waals surface area contributed by atoms with Gasteiger partial charge in [-0.15, -0.1) is 0 Å². The molecule has 2 atom stereocenters. The van der Waals surface area contributed by atoms with Crippen molar-refractivity contribution in [1.82, 2.24) is 20.1 Å². The van der Waals surface area contributed by atoms with E-state index in [4.69, 9.17) is 4.74 Å². The largest absolute Gasteiger partial charge is 0.495 e. The molecule has 9 heteroatoms. The smallest absolute Gasteiger partial charge is 0.270 e. The highest BCUT2D eigenvalue weighted by Gasteiger charge is 2.48. The molecule has 1 aromatic carbocycles. The van der Waals surface area contributed by atoms with Crippen LogP contribution in [0.5, 0.6) is 5.75 Å². The Hall–Kier alpha value is -3.88. The Morgan fingerprint density at radius 1 is 1.05 bits per heavy atom. The summed E-state index contributed by atoms with van der Waals surface area (Å²) in [5.74, 6) is 1.24. The minimum Gasteiger partial charge on any atom is -0.495 e. The van der Waals surface area contributed by atoms with Crippen LogP contribution < -0.4 is 20.9 Å². The van der Waals surface area contributed by atoms with Crippen LogP contribution in [0.3, 0.4) is 0 Å². The van der Waals surface area contributed by atoms with Crippen molar-refractivity contribution >= 4 is 17.5 Å². The number of amides is 2. The monoisotopic (exact) mass is 543 g/mol. The normalized spacial score (nSPS) is 19.0. The third-order valence-electron chi connectivity index (χ3n) is 8.68. The molecule has 2 aromatic heterocycles. The van der Waals surface area contributed by atoms with Gasteiger partial charge in [-0.1, -0.05) is 6.07 Å². The molecule has 3 aliphatic carbocycles. The number of H-pyrrole nitrogens is 1. The molecule has 2 saturated carbocycles. The summed E-state index contributed by atoms with van der Waals surface area (Å²) >= 11 is 0. The first-order chi connectivity index (χ1) is 19.3. The van der Waals surface area contributed by atoms with E-state index in [9.17, 15) is 14.4 Å². The third-order valence-corrected chi connectivity index (χ3v) is 8.68. The third kappa shape index (κ3) is 5.17. The van der Waals surface area contributed by atoms with E-state index >= 15 is 0 Å². The molecule has 3 aliphatic rings. The number of aryl methyl sites for hydroxylation is 1. The van der Waals surface area contributed by atoms with Gasteiger partial charge in [0.2, 0.25) is 5.91 Å². The number of aromatic nitrogens is 3. The van der Waals surface area contributed by atoms with E-state index in [2.05, 4.69) is 20.7 Å². The molecule has 40 heavy (non-hydrogen) atoms. The number of carbonyl (C=O) groups excluding carboxylic acids is 2. The molecule has 210 valence electrons. The van der Waals surface area contributed by atoms with Gasteiger partial charge in [0.15, 0.2) is 0 Å². The van der Waals surface area contributed by atoms with E-state index in [1.165, 1.54) is 0 Å². The molecule has 1 unspecified atom stereocenters. The highest BCUT2D eigenvalue weighted by Crippen LogP contribution is 2.51.